The van der Waals surface area contributed by atoms with E-state index in [0.29, 0.717) is 34.0 Å². The Morgan fingerprint density at radius 1 is 1.33 bits per heavy atom. The molecule has 8 nitrogen and oxygen atoms in total. The fourth-order valence-corrected chi connectivity index (χ4v) is 3.06. The number of nitrogens with zero attached hydrogens (tertiary/aromatic N) is 3. The maximum Gasteiger partial charge on any atom is 0.258 e. The lowest BCUT2D eigenvalue weighted by atomic mass is 9.99. The molecule has 0 atom stereocenters. The number of nitrogens with one attached hydrogen (secondary N) is 3. The first-order valence-electron chi connectivity index (χ1n) is 8.04. The first kappa shape index (κ1) is 17.2. The summed E-state index contributed by atoms with van der Waals surface area (Å²) < 4.78 is 19.6. The molecule has 1 aliphatic rings. The van der Waals surface area contributed by atoms with E-state index in [0.717, 1.165) is 0 Å². The molecule has 1 aliphatic carbocycles. The molecule has 0 aromatic carbocycles. The van der Waals surface area contributed by atoms with Crippen molar-refractivity contribution in [2.75, 3.05) is 12.4 Å². The summed E-state index contributed by atoms with van der Waals surface area (Å²) in [5.74, 6) is 0.253. The molecule has 27 heavy (non-hydrogen) atoms. The SMILES string of the molecule is COc1[nH]c(=O)c(C2=C(F)CCC(Cl)=C2)cc1Nc1ncnc2[nH]ncc12. The van der Waals surface area contributed by atoms with Crippen molar-refractivity contribution in [3.63, 3.8) is 0 Å². The van der Waals surface area contributed by atoms with Crippen LogP contribution in [0.2, 0.25) is 0 Å². The van der Waals surface area contributed by atoms with Gasteiger partial charge in [-0.25, -0.2) is 14.4 Å². The van der Waals surface area contributed by atoms with Gasteiger partial charge in [0, 0.05) is 17.0 Å². The summed E-state index contributed by atoms with van der Waals surface area (Å²) in [4.78, 5) is 23.3. The van der Waals surface area contributed by atoms with Crippen LogP contribution in [0.4, 0.5) is 15.9 Å². The number of ether oxygens (including phenoxy) is 1. The van der Waals surface area contributed by atoms with Crippen molar-refractivity contribution in [2.45, 2.75) is 12.8 Å². The van der Waals surface area contributed by atoms with E-state index in [1.54, 1.807) is 6.20 Å². The molecular formula is C17H14ClFN6O2. The first-order chi connectivity index (χ1) is 13.1. The molecule has 0 fully saturated rings. The van der Waals surface area contributed by atoms with E-state index < -0.39 is 5.56 Å². The maximum atomic E-state index is 14.3. The molecule has 0 spiro atoms. The highest BCUT2D eigenvalue weighted by Crippen LogP contribution is 2.34. The Morgan fingerprint density at radius 2 is 2.19 bits per heavy atom. The maximum absolute atomic E-state index is 14.3. The lowest BCUT2D eigenvalue weighted by Gasteiger charge is -2.15. The van der Waals surface area contributed by atoms with Crippen LogP contribution in [-0.4, -0.2) is 32.3 Å². The van der Waals surface area contributed by atoms with Crippen LogP contribution in [-0.2, 0) is 0 Å². The van der Waals surface area contributed by atoms with Crippen LogP contribution in [0.3, 0.4) is 0 Å². The number of allylic oxidation sites excluding steroid dienone is 4. The Labute approximate surface area is 157 Å². The quantitative estimate of drug-likeness (QED) is 0.632. The van der Waals surface area contributed by atoms with E-state index in [4.69, 9.17) is 16.3 Å². The number of rotatable bonds is 4. The van der Waals surface area contributed by atoms with Crippen LogP contribution in [0.5, 0.6) is 5.88 Å². The molecule has 0 bridgehead atoms. The second-order valence-electron chi connectivity index (χ2n) is 5.85. The summed E-state index contributed by atoms with van der Waals surface area (Å²) in [6.07, 6.45) is 4.98. The topological polar surface area (TPSA) is 109 Å². The van der Waals surface area contributed by atoms with Gasteiger partial charge in [-0.15, -0.1) is 0 Å². The van der Waals surface area contributed by atoms with Crippen LogP contribution in [0.15, 0.2) is 40.3 Å². The van der Waals surface area contributed by atoms with Gasteiger partial charge in [-0.1, -0.05) is 11.6 Å². The number of aromatic nitrogens is 5. The number of halogens is 2. The van der Waals surface area contributed by atoms with Gasteiger partial charge in [0.1, 0.15) is 23.7 Å². The molecule has 0 amide bonds. The number of hydrogen-bond acceptors (Lipinski definition) is 6. The summed E-state index contributed by atoms with van der Waals surface area (Å²) in [6.45, 7) is 0. The molecule has 138 valence electrons. The predicted molar refractivity (Wildman–Crippen MR) is 99.8 cm³/mol. The summed E-state index contributed by atoms with van der Waals surface area (Å²) in [5.41, 5.74) is 0.775. The molecule has 0 unspecified atom stereocenters. The van der Waals surface area contributed by atoms with E-state index >= 15 is 0 Å². The standard InChI is InChI=1S/C17H14ClFN6O2/c1-27-17-13(23-14-11-6-22-25-15(11)21-7-20-14)5-10(16(26)24-17)9-4-8(18)2-3-12(9)19/h4-7H,2-3H2,1H3,(H,24,26)(H2,20,21,22,23,25). The molecule has 0 aliphatic heterocycles. The zero-order valence-electron chi connectivity index (χ0n) is 14.1. The number of H-pyrrole nitrogens is 2. The molecule has 10 heteroatoms. The van der Waals surface area contributed by atoms with Gasteiger partial charge >= 0.3 is 0 Å². The summed E-state index contributed by atoms with van der Waals surface area (Å²) in [7, 11) is 1.42. The normalized spacial score (nSPS) is 14.4. The average molecular weight is 389 g/mol. The zero-order valence-corrected chi connectivity index (χ0v) is 14.9. The number of hydrogen-bond donors (Lipinski definition) is 3. The average Bonchev–Trinajstić information content (AvgIpc) is 3.15. The highest BCUT2D eigenvalue weighted by Gasteiger charge is 2.19. The molecule has 0 saturated carbocycles. The largest absolute Gasteiger partial charge is 0.481 e. The Bertz CT molecular complexity index is 1150. The zero-order chi connectivity index (χ0) is 19.0. The van der Waals surface area contributed by atoms with Crippen molar-refractivity contribution in [1.82, 2.24) is 25.1 Å². The van der Waals surface area contributed by atoms with Crippen LogP contribution in [0.1, 0.15) is 18.4 Å². The van der Waals surface area contributed by atoms with E-state index in [-0.39, 0.29) is 29.3 Å². The minimum absolute atomic E-state index is 0.145. The second kappa shape index (κ2) is 6.84. The third-order valence-corrected chi connectivity index (χ3v) is 4.47. The molecular weight excluding hydrogens is 375 g/mol. The van der Waals surface area contributed by atoms with Gasteiger partial charge in [-0.05, 0) is 18.6 Å². The number of methoxy groups -OCH3 is 1. The molecule has 3 aromatic rings. The van der Waals surface area contributed by atoms with E-state index in [9.17, 15) is 9.18 Å². The van der Waals surface area contributed by atoms with Crippen molar-refractivity contribution >= 4 is 39.7 Å². The number of pyridine rings is 1. The first-order valence-corrected chi connectivity index (χ1v) is 8.42. The minimum Gasteiger partial charge on any atom is -0.481 e. The van der Waals surface area contributed by atoms with E-state index in [1.807, 2.05) is 0 Å². The number of anilines is 2. The van der Waals surface area contributed by atoms with Crippen LogP contribution in [0.25, 0.3) is 16.6 Å². The van der Waals surface area contributed by atoms with Gasteiger partial charge in [0.15, 0.2) is 5.65 Å². The van der Waals surface area contributed by atoms with Crippen molar-refractivity contribution in [2.24, 2.45) is 0 Å². The number of aromatic amines is 2. The highest BCUT2D eigenvalue weighted by molar-refractivity contribution is 6.30. The minimum atomic E-state index is -0.485. The molecule has 0 radical (unpaired) electrons. The molecule has 3 aromatic heterocycles. The van der Waals surface area contributed by atoms with Gasteiger partial charge in [0.05, 0.1) is 24.3 Å². The third-order valence-electron chi connectivity index (χ3n) is 4.18. The Hall–Kier alpha value is -3.20. The summed E-state index contributed by atoms with van der Waals surface area (Å²) >= 11 is 6.04. The summed E-state index contributed by atoms with van der Waals surface area (Å²) in [5, 5.41) is 10.9. The van der Waals surface area contributed by atoms with Gasteiger partial charge in [0.2, 0.25) is 5.88 Å². The van der Waals surface area contributed by atoms with E-state index in [2.05, 4.69) is 30.5 Å². The van der Waals surface area contributed by atoms with Crippen LogP contribution >= 0.6 is 11.6 Å². The highest BCUT2D eigenvalue weighted by atomic mass is 35.5. The number of fused-ring (bicyclic) bond motifs is 1. The molecule has 3 heterocycles. The molecule has 3 N–H and O–H groups in total. The fraction of sp³-hybridized carbons (Fsp3) is 0.176. The van der Waals surface area contributed by atoms with Crippen molar-refractivity contribution < 1.29 is 9.13 Å². The van der Waals surface area contributed by atoms with Crippen molar-refractivity contribution in [1.29, 1.82) is 0 Å². The lowest BCUT2D eigenvalue weighted by Crippen LogP contribution is -2.15. The Balaban J connectivity index is 1.83. The Kier molecular flexibility index (Phi) is 4.36. The fourth-order valence-electron chi connectivity index (χ4n) is 2.85. The van der Waals surface area contributed by atoms with Gasteiger partial charge in [-0.2, -0.15) is 5.10 Å². The third kappa shape index (κ3) is 3.17. The second-order valence-corrected chi connectivity index (χ2v) is 6.33. The predicted octanol–water partition coefficient (Wildman–Crippen LogP) is 3.39. The van der Waals surface area contributed by atoms with Gasteiger partial charge in [-0.3, -0.25) is 14.9 Å². The van der Waals surface area contributed by atoms with E-state index in [1.165, 1.54) is 25.6 Å². The lowest BCUT2D eigenvalue weighted by molar-refractivity contribution is 0.399. The smallest absolute Gasteiger partial charge is 0.258 e. The van der Waals surface area contributed by atoms with Crippen LogP contribution in [0, 0.1) is 0 Å². The van der Waals surface area contributed by atoms with Crippen molar-refractivity contribution in [3.8, 4) is 5.88 Å². The molecule has 4 rings (SSSR count). The summed E-state index contributed by atoms with van der Waals surface area (Å²) in [6, 6.07) is 1.51. The van der Waals surface area contributed by atoms with Gasteiger partial charge < -0.3 is 10.1 Å². The monoisotopic (exact) mass is 388 g/mol. The van der Waals surface area contributed by atoms with Gasteiger partial charge in [0.25, 0.3) is 5.56 Å². The van der Waals surface area contributed by atoms with Crippen LogP contribution < -0.4 is 15.6 Å². The Morgan fingerprint density at radius 3 is 3.00 bits per heavy atom. The molecule has 0 saturated heterocycles. The van der Waals surface area contributed by atoms with Crippen molar-refractivity contribution in [3.05, 3.63) is 51.4 Å².